The summed E-state index contributed by atoms with van der Waals surface area (Å²) in [4.78, 5) is 13.6. The average molecular weight is 280 g/mol. The molecule has 4 nitrogen and oxygen atoms in total. The van der Waals surface area contributed by atoms with Crippen molar-refractivity contribution < 1.29 is 22.7 Å². The Kier molecular flexibility index (Phi) is 4.35. The number of hydrogen-bond donors (Lipinski definition) is 1. The standard InChI is InChI=1S/C12H19F3N2O2/c1-8-10(16-4-6-19-8)11(18)17-5-2-3-9(7-17)12(13,14)15/h8-10,16H,2-7H2,1H3/t8-,9?,10+/m1/s1. The average Bonchev–Trinajstić information content (AvgIpc) is 2.38. The van der Waals surface area contributed by atoms with Gasteiger partial charge in [-0.15, -0.1) is 0 Å². The Bertz CT molecular complexity index is 335. The van der Waals surface area contributed by atoms with Crippen LogP contribution in [0.3, 0.4) is 0 Å². The van der Waals surface area contributed by atoms with Gasteiger partial charge in [-0.2, -0.15) is 13.2 Å². The van der Waals surface area contributed by atoms with Gasteiger partial charge in [-0.3, -0.25) is 4.79 Å². The second-order valence-electron chi connectivity index (χ2n) is 5.17. The van der Waals surface area contributed by atoms with E-state index in [2.05, 4.69) is 5.32 Å². The van der Waals surface area contributed by atoms with Crippen LogP contribution in [0.2, 0.25) is 0 Å². The highest BCUT2D eigenvalue weighted by Gasteiger charge is 2.44. The van der Waals surface area contributed by atoms with E-state index in [9.17, 15) is 18.0 Å². The highest BCUT2D eigenvalue weighted by molar-refractivity contribution is 5.82. The maximum absolute atomic E-state index is 12.7. The maximum atomic E-state index is 12.7. The van der Waals surface area contributed by atoms with Crippen molar-refractivity contribution in [3.8, 4) is 0 Å². The number of alkyl halides is 3. The minimum Gasteiger partial charge on any atom is -0.375 e. The zero-order valence-corrected chi connectivity index (χ0v) is 10.9. The van der Waals surface area contributed by atoms with E-state index in [1.807, 2.05) is 0 Å². The summed E-state index contributed by atoms with van der Waals surface area (Å²) in [5.41, 5.74) is 0. The van der Waals surface area contributed by atoms with Gasteiger partial charge in [-0.1, -0.05) is 0 Å². The number of nitrogens with one attached hydrogen (secondary N) is 1. The van der Waals surface area contributed by atoms with Gasteiger partial charge in [0.25, 0.3) is 0 Å². The number of rotatable bonds is 1. The zero-order chi connectivity index (χ0) is 14.0. The van der Waals surface area contributed by atoms with Crippen LogP contribution in [0.5, 0.6) is 0 Å². The molecule has 2 fully saturated rings. The fourth-order valence-corrected chi connectivity index (χ4v) is 2.65. The molecule has 0 aromatic rings. The summed E-state index contributed by atoms with van der Waals surface area (Å²) < 4.78 is 43.5. The fraction of sp³-hybridized carbons (Fsp3) is 0.917. The van der Waals surface area contributed by atoms with Crippen molar-refractivity contribution in [3.05, 3.63) is 0 Å². The lowest BCUT2D eigenvalue weighted by Gasteiger charge is -2.38. The third kappa shape index (κ3) is 3.39. The summed E-state index contributed by atoms with van der Waals surface area (Å²) in [7, 11) is 0. The second-order valence-corrected chi connectivity index (χ2v) is 5.17. The molecule has 110 valence electrons. The molecule has 0 radical (unpaired) electrons. The van der Waals surface area contributed by atoms with E-state index in [0.717, 1.165) is 0 Å². The van der Waals surface area contributed by atoms with Crippen LogP contribution in [0, 0.1) is 5.92 Å². The Balaban J connectivity index is 1.98. The molecular weight excluding hydrogens is 261 g/mol. The molecule has 1 N–H and O–H groups in total. The molecule has 2 saturated heterocycles. The number of carbonyl (C=O) groups is 1. The monoisotopic (exact) mass is 280 g/mol. The number of piperidine rings is 1. The molecule has 2 rings (SSSR count). The third-order valence-corrected chi connectivity index (χ3v) is 3.78. The number of ether oxygens (including phenoxy) is 1. The first-order chi connectivity index (χ1) is 8.89. The molecule has 3 atom stereocenters. The summed E-state index contributed by atoms with van der Waals surface area (Å²) in [5, 5.41) is 3.02. The van der Waals surface area contributed by atoms with Gasteiger partial charge in [0, 0.05) is 19.6 Å². The van der Waals surface area contributed by atoms with Gasteiger partial charge < -0.3 is 15.0 Å². The van der Waals surface area contributed by atoms with E-state index in [0.29, 0.717) is 26.1 Å². The molecule has 0 aromatic carbocycles. The summed E-state index contributed by atoms with van der Waals surface area (Å²) in [6.45, 7) is 3.01. The third-order valence-electron chi connectivity index (χ3n) is 3.78. The lowest BCUT2D eigenvalue weighted by Crippen LogP contribution is -2.58. The Hall–Kier alpha value is -0.820. The molecule has 0 aromatic heterocycles. The molecule has 2 heterocycles. The predicted octanol–water partition coefficient (Wildman–Crippen LogP) is 1.16. The summed E-state index contributed by atoms with van der Waals surface area (Å²) in [5.74, 6) is -1.67. The van der Waals surface area contributed by atoms with Gasteiger partial charge in [0.15, 0.2) is 0 Å². The van der Waals surface area contributed by atoms with Crippen molar-refractivity contribution in [2.24, 2.45) is 5.92 Å². The van der Waals surface area contributed by atoms with Gasteiger partial charge in [0.2, 0.25) is 5.91 Å². The van der Waals surface area contributed by atoms with E-state index in [4.69, 9.17) is 4.74 Å². The highest BCUT2D eigenvalue weighted by atomic mass is 19.4. The molecule has 0 spiro atoms. The van der Waals surface area contributed by atoms with Crippen LogP contribution in [0.15, 0.2) is 0 Å². The van der Waals surface area contributed by atoms with Crippen molar-refractivity contribution >= 4 is 5.91 Å². The van der Waals surface area contributed by atoms with Crippen molar-refractivity contribution in [1.82, 2.24) is 10.2 Å². The van der Waals surface area contributed by atoms with E-state index < -0.39 is 18.1 Å². The number of carbonyl (C=O) groups excluding carboxylic acids is 1. The smallest absolute Gasteiger partial charge is 0.375 e. The summed E-state index contributed by atoms with van der Waals surface area (Å²) in [6, 6.07) is -0.527. The zero-order valence-electron chi connectivity index (χ0n) is 10.9. The first-order valence-electron chi connectivity index (χ1n) is 6.60. The van der Waals surface area contributed by atoms with E-state index >= 15 is 0 Å². The number of amides is 1. The lowest BCUT2D eigenvalue weighted by molar-refractivity contribution is -0.189. The number of nitrogens with zero attached hydrogens (tertiary/aromatic N) is 1. The van der Waals surface area contributed by atoms with Crippen molar-refractivity contribution in [2.45, 2.75) is 38.1 Å². The van der Waals surface area contributed by atoms with Crippen molar-refractivity contribution in [2.75, 3.05) is 26.2 Å². The minimum atomic E-state index is -4.22. The molecule has 0 saturated carbocycles. The van der Waals surface area contributed by atoms with Crippen LogP contribution in [0.25, 0.3) is 0 Å². The van der Waals surface area contributed by atoms with Gasteiger partial charge in [-0.05, 0) is 19.8 Å². The normalized spacial score (nSPS) is 33.3. The minimum absolute atomic E-state index is 0.109. The van der Waals surface area contributed by atoms with Crippen LogP contribution in [-0.4, -0.2) is 55.4 Å². The Morgan fingerprint density at radius 3 is 2.79 bits per heavy atom. The molecule has 19 heavy (non-hydrogen) atoms. The molecule has 1 unspecified atom stereocenters. The Labute approximate surface area is 110 Å². The molecule has 0 bridgehead atoms. The van der Waals surface area contributed by atoms with Crippen LogP contribution in [0.1, 0.15) is 19.8 Å². The summed E-state index contributed by atoms with van der Waals surface area (Å²) in [6.07, 6.45) is -4.01. The first-order valence-corrected chi connectivity index (χ1v) is 6.60. The largest absolute Gasteiger partial charge is 0.393 e. The van der Waals surface area contributed by atoms with E-state index in [-0.39, 0.29) is 25.0 Å². The SMILES string of the molecule is C[C@H]1OCCN[C@@H]1C(=O)N1CCCC(C(F)(F)F)C1. The van der Waals surface area contributed by atoms with E-state index in [1.54, 1.807) is 6.92 Å². The predicted molar refractivity (Wildman–Crippen MR) is 62.6 cm³/mol. The van der Waals surface area contributed by atoms with Gasteiger partial charge in [0.1, 0.15) is 6.04 Å². The number of likely N-dealkylation sites (tertiary alicyclic amines) is 1. The topological polar surface area (TPSA) is 41.6 Å². The number of hydrogen-bond acceptors (Lipinski definition) is 3. The molecule has 1 amide bonds. The Morgan fingerprint density at radius 1 is 1.42 bits per heavy atom. The van der Waals surface area contributed by atoms with Crippen molar-refractivity contribution in [1.29, 1.82) is 0 Å². The lowest BCUT2D eigenvalue weighted by atomic mass is 9.96. The highest BCUT2D eigenvalue weighted by Crippen LogP contribution is 2.33. The Morgan fingerprint density at radius 2 is 2.16 bits per heavy atom. The van der Waals surface area contributed by atoms with Crippen LogP contribution in [-0.2, 0) is 9.53 Å². The van der Waals surface area contributed by atoms with Crippen LogP contribution < -0.4 is 5.32 Å². The first kappa shape index (κ1) is 14.6. The van der Waals surface area contributed by atoms with Crippen molar-refractivity contribution in [3.63, 3.8) is 0 Å². The summed E-state index contributed by atoms with van der Waals surface area (Å²) >= 11 is 0. The molecule has 2 aliphatic heterocycles. The maximum Gasteiger partial charge on any atom is 0.393 e. The number of halogens is 3. The van der Waals surface area contributed by atoms with Crippen LogP contribution in [0.4, 0.5) is 13.2 Å². The van der Waals surface area contributed by atoms with E-state index in [1.165, 1.54) is 4.90 Å². The van der Waals surface area contributed by atoms with Gasteiger partial charge >= 0.3 is 6.18 Å². The molecular formula is C12H19F3N2O2. The molecule has 7 heteroatoms. The number of morpholine rings is 1. The molecule has 2 aliphatic rings. The van der Waals surface area contributed by atoms with Crippen LogP contribution >= 0.6 is 0 Å². The van der Waals surface area contributed by atoms with Gasteiger partial charge in [0.05, 0.1) is 18.6 Å². The fourth-order valence-electron chi connectivity index (χ4n) is 2.65. The second kappa shape index (κ2) is 5.66. The molecule has 0 aliphatic carbocycles. The van der Waals surface area contributed by atoms with Gasteiger partial charge in [-0.25, -0.2) is 0 Å². The quantitative estimate of drug-likeness (QED) is 0.784.